The average molecular weight is 421 g/mol. The minimum absolute atomic E-state index is 0. The van der Waals surface area contributed by atoms with E-state index >= 15 is 0 Å². The quantitative estimate of drug-likeness (QED) is 0.781. The lowest BCUT2D eigenvalue weighted by Gasteiger charge is -2.39. The second-order valence-electron chi connectivity index (χ2n) is 7.77. The van der Waals surface area contributed by atoms with Crippen LogP contribution in [0.15, 0.2) is 24.3 Å². The van der Waals surface area contributed by atoms with Crippen LogP contribution in [0.5, 0.6) is 0 Å². The Morgan fingerprint density at radius 3 is 2.68 bits per heavy atom. The van der Waals surface area contributed by atoms with E-state index in [-0.39, 0.29) is 24.2 Å². The Balaban J connectivity index is 0.00000280. The molecule has 0 saturated carbocycles. The standard InChI is InChI=1S/C20H27F3N2O2.ClH/c1-14-11-15(5-8-24-14)18(26)25-13-19(6-9-27-10-7-19)16-3-2-4-17(12-16)20(21,22)23;/h2-4,12,14-15,24H,5-11,13H2,1H3,(H,25,26);1H/t14-,15-;/m0./s1. The maximum absolute atomic E-state index is 13.2. The molecular weight excluding hydrogens is 393 g/mol. The molecule has 2 aliphatic rings. The summed E-state index contributed by atoms with van der Waals surface area (Å²) in [4.78, 5) is 12.6. The van der Waals surface area contributed by atoms with Crippen molar-refractivity contribution in [2.45, 2.75) is 50.2 Å². The van der Waals surface area contributed by atoms with Crippen molar-refractivity contribution in [1.29, 1.82) is 0 Å². The predicted molar refractivity (Wildman–Crippen MR) is 104 cm³/mol. The summed E-state index contributed by atoms with van der Waals surface area (Å²) in [6.45, 7) is 4.18. The Hall–Kier alpha value is -1.31. The van der Waals surface area contributed by atoms with Gasteiger partial charge in [0.1, 0.15) is 0 Å². The maximum atomic E-state index is 13.2. The fourth-order valence-electron chi connectivity index (χ4n) is 4.13. The minimum Gasteiger partial charge on any atom is -0.381 e. The van der Waals surface area contributed by atoms with Crippen LogP contribution in [0.4, 0.5) is 13.2 Å². The largest absolute Gasteiger partial charge is 0.416 e. The van der Waals surface area contributed by atoms with Crippen LogP contribution in [0.3, 0.4) is 0 Å². The van der Waals surface area contributed by atoms with Crippen LogP contribution in [-0.4, -0.2) is 38.3 Å². The average Bonchev–Trinajstić information content (AvgIpc) is 2.66. The van der Waals surface area contributed by atoms with Crippen molar-refractivity contribution in [1.82, 2.24) is 10.6 Å². The minimum atomic E-state index is -4.38. The van der Waals surface area contributed by atoms with Crippen molar-refractivity contribution < 1.29 is 22.7 Å². The van der Waals surface area contributed by atoms with E-state index < -0.39 is 17.2 Å². The predicted octanol–water partition coefficient (Wildman–Crippen LogP) is 3.68. The third-order valence-corrected chi connectivity index (χ3v) is 5.85. The van der Waals surface area contributed by atoms with E-state index in [9.17, 15) is 18.0 Å². The molecule has 0 spiro atoms. The number of hydrogen-bond donors (Lipinski definition) is 2. The Bertz CT molecular complexity index is 663. The van der Waals surface area contributed by atoms with Crippen molar-refractivity contribution in [3.63, 3.8) is 0 Å². The second kappa shape index (κ2) is 9.46. The first-order valence-electron chi connectivity index (χ1n) is 9.57. The first-order valence-corrected chi connectivity index (χ1v) is 9.57. The van der Waals surface area contributed by atoms with Gasteiger partial charge in [-0.25, -0.2) is 0 Å². The van der Waals surface area contributed by atoms with Gasteiger partial charge in [0.25, 0.3) is 0 Å². The van der Waals surface area contributed by atoms with E-state index in [1.807, 2.05) is 0 Å². The highest BCUT2D eigenvalue weighted by Crippen LogP contribution is 2.38. The van der Waals surface area contributed by atoms with Gasteiger partial charge >= 0.3 is 6.18 Å². The lowest BCUT2D eigenvalue weighted by Crippen LogP contribution is -2.48. The Morgan fingerprint density at radius 2 is 2.04 bits per heavy atom. The Morgan fingerprint density at radius 1 is 1.32 bits per heavy atom. The highest BCUT2D eigenvalue weighted by atomic mass is 35.5. The molecule has 2 fully saturated rings. The third kappa shape index (κ3) is 5.39. The molecule has 0 aliphatic carbocycles. The van der Waals surface area contributed by atoms with Crippen LogP contribution in [-0.2, 0) is 21.1 Å². The molecule has 4 nitrogen and oxygen atoms in total. The first-order chi connectivity index (χ1) is 12.8. The van der Waals surface area contributed by atoms with Gasteiger partial charge in [-0.1, -0.05) is 18.2 Å². The van der Waals surface area contributed by atoms with E-state index in [0.717, 1.165) is 25.5 Å². The number of amides is 1. The van der Waals surface area contributed by atoms with Gasteiger partial charge in [-0.3, -0.25) is 4.79 Å². The van der Waals surface area contributed by atoms with Gasteiger partial charge in [-0.2, -0.15) is 13.2 Å². The summed E-state index contributed by atoms with van der Waals surface area (Å²) in [5.74, 6) is -0.0409. The molecule has 1 aromatic rings. The molecule has 2 heterocycles. The molecule has 28 heavy (non-hydrogen) atoms. The van der Waals surface area contributed by atoms with Crippen molar-refractivity contribution in [2.75, 3.05) is 26.3 Å². The molecule has 0 aromatic heterocycles. The number of hydrogen-bond acceptors (Lipinski definition) is 3. The molecule has 158 valence electrons. The third-order valence-electron chi connectivity index (χ3n) is 5.85. The van der Waals surface area contributed by atoms with Crippen LogP contribution in [0.25, 0.3) is 0 Å². The van der Waals surface area contributed by atoms with Gasteiger partial charge in [-0.15, -0.1) is 12.4 Å². The molecule has 0 unspecified atom stereocenters. The summed E-state index contributed by atoms with van der Waals surface area (Å²) in [5.41, 5.74) is -0.544. The van der Waals surface area contributed by atoms with Crippen molar-refractivity contribution in [2.24, 2.45) is 5.92 Å². The molecule has 2 N–H and O–H groups in total. The lowest BCUT2D eigenvalue weighted by molar-refractivity contribution is -0.137. The summed E-state index contributed by atoms with van der Waals surface area (Å²) < 4.78 is 44.9. The van der Waals surface area contributed by atoms with Crippen molar-refractivity contribution in [3.8, 4) is 0 Å². The number of nitrogens with one attached hydrogen (secondary N) is 2. The van der Waals surface area contributed by atoms with Crippen LogP contribution in [0.1, 0.15) is 43.7 Å². The fraction of sp³-hybridized carbons (Fsp3) is 0.650. The van der Waals surface area contributed by atoms with Gasteiger partial charge in [0, 0.05) is 37.1 Å². The second-order valence-corrected chi connectivity index (χ2v) is 7.77. The molecule has 2 aliphatic heterocycles. The molecular formula is C20H28ClF3N2O2. The molecule has 1 amide bonds. The van der Waals surface area contributed by atoms with E-state index in [1.165, 1.54) is 12.1 Å². The lowest BCUT2D eigenvalue weighted by atomic mass is 9.73. The summed E-state index contributed by atoms with van der Waals surface area (Å²) in [6.07, 6.45) is -1.62. The number of halogens is 4. The summed E-state index contributed by atoms with van der Waals surface area (Å²) in [5, 5.41) is 6.36. The van der Waals surface area contributed by atoms with Crippen LogP contribution in [0, 0.1) is 5.92 Å². The van der Waals surface area contributed by atoms with Gasteiger partial charge in [0.05, 0.1) is 5.56 Å². The molecule has 1 aromatic carbocycles. The van der Waals surface area contributed by atoms with E-state index in [1.54, 1.807) is 6.07 Å². The van der Waals surface area contributed by atoms with E-state index in [0.29, 0.717) is 44.2 Å². The van der Waals surface area contributed by atoms with Crippen molar-refractivity contribution in [3.05, 3.63) is 35.4 Å². The van der Waals surface area contributed by atoms with Gasteiger partial charge in [-0.05, 0) is 50.8 Å². The smallest absolute Gasteiger partial charge is 0.381 e. The zero-order valence-electron chi connectivity index (χ0n) is 16.0. The Kier molecular flexibility index (Phi) is 7.76. The van der Waals surface area contributed by atoms with Crippen LogP contribution in [0.2, 0.25) is 0 Å². The number of piperidine rings is 1. The van der Waals surface area contributed by atoms with Gasteiger partial charge in [0.2, 0.25) is 5.91 Å². The monoisotopic (exact) mass is 420 g/mol. The van der Waals surface area contributed by atoms with Gasteiger partial charge < -0.3 is 15.4 Å². The zero-order chi connectivity index (χ0) is 19.5. The normalized spacial score (nSPS) is 24.9. The number of carbonyl (C=O) groups is 1. The summed E-state index contributed by atoms with van der Waals surface area (Å²) in [7, 11) is 0. The molecule has 2 atom stereocenters. The molecule has 8 heteroatoms. The zero-order valence-corrected chi connectivity index (χ0v) is 16.8. The van der Waals surface area contributed by atoms with Crippen molar-refractivity contribution >= 4 is 18.3 Å². The number of carbonyl (C=O) groups excluding carboxylic acids is 1. The van der Waals surface area contributed by atoms with E-state index in [4.69, 9.17) is 4.74 Å². The topological polar surface area (TPSA) is 50.4 Å². The highest BCUT2D eigenvalue weighted by molar-refractivity contribution is 5.85. The Labute approximate surface area is 170 Å². The summed E-state index contributed by atoms with van der Waals surface area (Å²) >= 11 is 0. The fourth-order valence-corrected chi connectivity index (χ4v) is 4.13. The molecule has 0 bridgehead atoms. The van der Waals surface area contributed by atoms with E-state index in [2.05, 4.69) is 17.6 Å². The highest BCUT2D eigenvalue weighted by Gasteiger charge is 2.38. The molecule has 0 radical (unpaired) electrons. The summed E-state index contributed by atoms with van der Waals surface area (Å²) in [6, 6.07) is 5.80. The maximum Gasteiger partial charge on any atom is 0.416 e. The molecule has 2 saturated heterocycles. The first kappa shape index (κ1) is 23.0. The van der Waals surface area contributed by atoms with Crippen LogP contribution >= 0.6 is 12.4 Å². The molecule has 3 rings (SSSR count). The number of benzene rings is 1. The van der Waals surface area contributed by atoms with Gasteiger partial charge in [0.15, 0.2) is 0 Å². The SMILES string of the molecule is C[C@H]1C[C@@H](C(=O)NCC2(c3cccc(C(F)(F)F)c3)CCOCC2)CCN1.Cl. The number of rotatable bonds is 4. The number of ether oxygens (including phenoxy) is 1. The van der Waals surface area contributed by atoms with Crippen LogP contribution < -0.4 is 10.6 Å². The number of alkyl halides is 3.